The molecule has 372 valence electrons. The molecule has 70 heavy (non-hydrogen) atoms. The van der Waals surface area contributed by atoms with Crippen LogP contribution in [0.5, 0.6) is 11.5 Å². The summed E-state index contributed by atoms with van der Waals surface area (Å²) in [6.07, 6.45) is 3.66. The number of alkyl carbamates (subject to hydrolysis) is 1. The molecule has 3 aromatic carbocycles. The van der Waals surface area contributed by atoms with Gasteiger partial charge in [0.1, 0.15) is 42.0 Å². The second-order valence-corrected chi connectivity index (χ2v) is 19.0. The van der Waals surface area contributed by atoms with Crippen molar-refractivity contribution < 1.29 is 43.5 Å². The van der Waals surface area contributed by atoms with Crippen molar-refractivity contribution in [2.24, 2.45) is 11.8 Å². The zero-order valence-corrected chi connectivity index (χ0v) is 40.8. The number of likely N-dealkylation sites (tertiary alicyclic amines) is 2. The van der Waals surface area contributed by atoms with Gasteiger partial charge in [0.25, 0.3) is 0 Å². The number of H-pyrrole nitrogens is 2. The predicted octanol–water partition coefficient (Wildman–Crippen LogP) is 7.09. The van der Waals surface area contributed by atoms with Gasteiger partial charge in [0.2, 0.25) is 18.5 Å². The minimum absolute atomic E-state index is 0.0199. The van der Waals surface area contributed by atoms with Crippen LogP contribution in [0.4, 0.5) is 4.79 Å². The third kappa shape index (κ3) is 9.76. The van der Waals surface area contributed by atoms with Crippen LogP contribution >= 0.6 is 0 Å². The maximum Gasteiger partial charge on any atom is 0.407 e. The number of aromatic amines is 2. The number of hydrogen-bond donors (Lipinski definition) is 6. The molecular formula is C52H65N9O9. The highest BCUT2D eigenvalue weighted by atomic mass is 16.6. The van der Waals surface area contributed by atoms with Crippen molar-refractivity contribution in [1.82, 2.24) is 44.9 Å². The van der Waals surface area contributed by atoms with E-state index in [0.29, 0.717) is 43.6 Å². The molecule has 7 atom stereocenters. The number of carbonyl (C=O) groups excluding carboxylic acids is 2. The number of nitrogens with zero attached hydrogens (tertiary/aromatic N) is 5. The average Bonchev–Trinajstić information content (AvgIpc) is 4.23. The average molecular weight is 960 g/mol. The van der Waals surface area contributed by atoms with E-state index in [4.69, 9.17) is 33.7 Å². The molecule has 0 saturated carbocycles. The Labute approximate surface area is 407 Å². The summed E-state index contributed by atoms with van der Waals surface area (Å²) in [6.45, 7) is 9.91. The predicted molar refractivity (Wildman–Crippen MR) is 262 cm³/mol. The molecule has 9 rings (SSSR count). The summed E-state index contributed by atoms with van der Waals surface area (Å²) in [5.74, 6) is 2.56. The summed E-state index contributed by atoms with van der Waals surface area (Å²) in [4.78, 5) is 46.6. The van der Waals surface area contributed by atoms with E-state index < -0.39 is 37.0 Å². The number of amides is 2. The highest BCUT2D eigenvalue weighted by Crippen LogP contribution is 2.47. The number of aliphatic hydroxyl groups is 2. The van der Waals surface area contributed by atoms with Gasteiger partial charge in [-0.15, -0.1) is 0 Å². The van der Waals surface area contributed by atoms with Crippen LogP contribution < -0.4 is 20.1 Å². The van der Waals surface area contributed by atoms with Gasteiger partial charge in [0.15, 0.2) is 0 Å². The normalized spacial score (nSPS) is 19.8. The standard InChI is InChI=1S/C52H65N9O9/c1-29(2)44(57-51(64)67-6)48(62)59-19-9-13-40(59)46-53-27-37(55-46)31-16-18-39-34(23-31)25-42-36-17-15-32(26-43(36)70-50(61(39)42)33-11-8-12-35(24-33)69-22-21-66-5)38-28-54-47(56-38)41-14-10-20-60(41)49(63)45(30(3)4)58-52(65)68-7/h8,11-12,15-18,23-30,40-41,44-45,48,50-51,57,62,64H,9-10,13-14,19-22H2,1-7H3,(H,53,55)(H,54,56)(H,58,65). The summed E-state index contributed by atoms with van der Waals surface area (Å²) in [5, 5.41) is 28.6. The van der Waals surface area contributed by atoms with E-state index in [1.165, 1.54) is 14.2 Å². The summed E-state index contributed by atoms with van der Waals surface area (Å²) in [5.41, 5.74) is 7.26. The van der Waals surface area contributed by atoms with E-state index in [1.807, 2.05) is 69.1 Å². The summed E-state index contributed by atoms with van der Waals surface area (Å²) in [7, 11) is 4.35. The van der Waals surface area contributed by atoms with E-state index in [9.17, 15) is 19.8 Å². The SMILES string of the molecule is COCCOc1cccc(C2Oc3cc(-c4cnc(C5CCCN5C(=O)C(NC(=O)OC)C(C)C)[nH]4)ccc3-c3cc4cc(-c5cnc(C6CCCN6C(O)C(NC(O)OC)C(C)C)[nH]5)ccc4n32)c1. The van der Waals surface area contributed by atoms with E-state index >= 15 is 0 Å². The summed E-state index contributed by atoms with van der Waals surface area (Å²) in [6, 6.07) is 21.1. The minimum Gasteiger partial charge on any atom is -0.491 e. The molecule has 3 aromatic heterocycles. The van der Waals surface area contributed by atoms with Crippen molar-refractivity contribution in [2.45, 2.75) is 96.4 Å². The lowest BCUT2D eigenvalue weighted by Gasteiger charge is -2.37. The van der Waals surface area contributed by atoms with E-state index in [2.05, 4.69) is 61.6 Å². The highest BCUT2D eigenvalue weighted by molar-refractivity contribution is 5.92. The first-order chi connectivity index (χ1) is 33.9. The fourth-order valence-corrected chi connectivity index (χ4v) is 10.2. The number of carbonyl (C=O) groups is 2. The van der Waals surface area contributed by atoms with Crippen LogP contribution in [0.2, 0.25) is 0 Å². The lowest BCUT2D eigenvalue weighted by atomic mass is 10.0. The van der Waals surface area contributed by atoms with E-state index in [0.717, 1.165) is 81.7 Å². The number of aromatic nitrogens is 5. The van der Waals surface area contributed by atoms with Crippen molar-refractivity contribution in [3.8, 4) is 45.3 Å². The molecule has 0 bridgehead atoms. The molecule has 2 fully saturated rings. The maximum atomic E-state index is 13.9. The molecule has 3 aliphatic rings. The first-order valence-electron chi connectivity index (χ1n) is 24.2. The van der Waals surface area contributed by atoms with Crippen molar-refractivity contribution in [2.75, 3.05) is 47.6 Å². The lowest BCUT2D eigenvalue weighted by Crippen LogP contribution is -2.55. The monoisotopic (exact) mass is 959 g/mol. The summed E-state index contributed by atoms with van der Waals surface area (Å²) >= 11 is 0. The number of aliphatic hydroxyl groups excluding tert-OH is 2. The van der Waals surface area contributed by atoms with Crippen molar-refractivity contribution in [1.29, 1.82) is 0 Å². The Hall–Kier alpha value is -6.28. The Kier molecular flexibility index (Phi) is 14.6. The van der Waals surface area contributed by atoms with Gasteiger partial charge in [-0.25, -0.2) is 14.8 Å². The van der Waals surface area contributed by atoms with Gasteiger partial charge < -0.3 is 58.6 Å². The fourth-order valence-electron chi connectivity index (χ4n) is 10.2. The van der Waals surface area contributed by atoms with Crippen LogP contribution in [0, 0.1) is 11.8 Å². The quantitative estimate of drug-likeness (QED) is 0.0376. The van der Waals surface area contributed by atoms with Gasteiger partial charge >= 0.3 is 6.09 Å². The molecule has 18 heteroatoms. The zero-order chi connectivity index (χ0) is 49.2. The number of fused-ring (bicyclic) bond motifs is 5. The molecular weight excluding hydrogens is 895 g/mol. The number of nitrogens with one attached hydrogen (secondary N) is 4. The van der Waals surface area contributed by atoms with Crippen LogP contribution in [-0.4, -0.2) is 129 Å². The molecule has 6 aromatic rings. The number of rotatable bonds is 18. The Morgan fingerprint density at radius 1 is 0.843 bits per heavy atom. The van der Waals surface area contributed by atoms with Crippen LogP contribution in [0.3, 0.4) is 0 Å². The largest absolute Gasteiger partial charge is 0.491 e. The topological polar surface area (TPSA) is 214 Å². The lowest BCUT2D eigenvalue weighted by molar-refractivity contribution is -0.135. The smallest absolute Gasteiger partial charge is 0.407 e. The molecule has 6 N–H and O–H groups in total. The van der Waals surface area contributed by atoms with Crippen molar-refractivity contribution in [3.63, 3.8) is 0 Å². The minimum atomic E-state index is -1.19. The second kappa shape index (κ2) is 21.0. The van der Waals surface area contributed by atoms with E-state index in [1.54, 1.807) is 18.2 Å². The van der Waals surface area contributed by atoms with Gasteiger partial charge in [-0.1, -0.05) is 52.0 Å². The number of hydrogen-bond acceptors (Lipinski definition) is 13. The van der Waals surface area contributed by atoms with Gasteiger partial charge in [-0.3, -0.25) is 15.0 Å². The third-order valence-corrected chi connectivity index (χ3v) is 13.9. The van der Waals surface area contributed by atoms with Gasteiger partial charge in [0, 0.05) is 54.9 Å². The van der Waals surface area contributed by atoms with Crippen molar-refractivity contribution >= 4 is 22.9 Å². The Balaban J connectivity index is 1.03. The van der Waals surface area contributed by atoms with Crippen LogP contribution in [0.1, 0.15) is 88.9 Å². The molecule has 2 saturated heterocycles. The Morgan fingerprint density at radius 2 is 1.56 bits per heavy atom. The van der Waals surface area contributed by atoms with E-state index in [-0.39, 0.29) is 29.8 Å². The zero-order valence-electron chi connectivity index (χ0n) is 40.8. The molecule has 7 unspecified atom stereocenters. The first-order valence-corrected chi connectivity index (χ1v) is 24.2. The second-order valence-electron chi connectivity index (χ2n) is 19.0. The molecule has 0 aliphatic carbocycles. The highest BCUT2D eigenvalue weighted by Gasteiger charge is 2.40. The molecule has 18 nitrogen and oxygen atoms in total. The number of ether oxygens (including phenoxy) is 5. The number of methoxy groups -OCH3 is 3. The molecule has 2 amide bonds. The third-order valence-electron chi connectivity index (χ3n) is 13.9. The fraction of sp³-hybridized carbons (Fsp3) is 0.462. The number of benzene rings is 3. The number of imidazole rings is 2. The van der Waals surface area contributed by atoms with Crippen LogP contribution in [-0.2, 0) is 19.0 Å². The van der Waals surface area contributed by atoms with Gasteiger partial charge in [0.05, 0.1) is 66.8 Å². The Morgan fingerprint density at radius 3 is 2.27 bits per heavy atom. The summed E-state index contributed by atoms with van der Waals surface area (Å²) < 4.78 is 30.5. The Bertz CT molecular complexity index is 2790. The van der Waals surface area contributed by atoms with Crippen molar-refractivity contribution in [3.05, 3.63) is 96.3 Å². The van der Waals surface area contributed by atoms with Crippen LogP contribution in [0.15, 0.2) is 79.1 Å². The molecule has 0 radical (unpaired) electrons. The molecule has 0 spiro atoms. The van der Waals surface area contributed by atoms with Gasteiger partial charge in [-0.2, -0.15) is 0 Å². The van der Waals surface area contributed by atoms with Gasteiger partial charge in [-0.05, 0) is 80.0 Å². The molecule has 3 aliphatic heterocycles. The maximum absolute atomic E-state index is 13.9. The molecule has 6 heterocycles. The first kappa shape index (κ1) is 48.7. The van der Waals surface area contributed by atoms with Crippen LogP contribution in [0.25, 0.3) is 44.7 Å².